The molecule has 2 aromatic rings. The summed E-state index contributed by atoms with van der Waals surface area (Å²) in [6, 6.07) is 10.2. The molecule has 4 rings (SSSR count). The molecule has 122 valence electrons. The highest BCUT2D eigenvalue weighted by Crippen LogP contribution is 2.50. The number of carbonyl (C=O) groups excluding carboxylic acids is 1. The lowest BCUT2D eigenvalue weighted by Crippen LogP contribution is -2.36. The van der Waals surface area contributed by atoms with Crippen molar-refractivity contribution in [3.8, 4) is 11.3 Å². The van der Waals surface area contributed by atoms with E-state index in [1.165, 1.54) is 6.42 Å². The lowest BCUT2D eigenvalue weighted by molar-refractivity contribution is -0.151. The van der Waals surface area contributed by atoms with Crippen molar-refractivity contribution in [3.63, 3.8) is 0 Å². The molecule has 1 unspecified atom stereocenters. The standard InChI is InChI=1S/C18H19NO2S.BrH/c20-16-11-14(18(21-16)9-5-2-6-10-18)17-19-15(12-22-17)13-7-3-1-4-8-13;/h1,3-4,7-8,12,14H,2,5-6,9-11H2;1H. The average Bonchev–Trinajstić information content (AvgIpc) is 3.14. The van der Waals surface area contributed by atoms with E-state index in [4.69, 9.17) is 9.72 Å². The Kier molecular flexibility index (Phi) is 4.87. The van der Waals surface area contributed by atoms with Crippen LogP contribution in [0.4, 0.5) is 0 Å². The second-order valence-electron chi connectivity index (χ2n) is 6.29. The topological polar surface area (TPSA) is 39.2 Å². The first-order chi connectivity index (χ1) is 10.8. The fourth-order valence-corrected chi connectivity index (χ4v) is 4.83. The van der Waals surface area contributed by atoms with Gasteiger partial charge in [-0.25, -0.2) is 4.98 Å². The molecule has 1 atom stereocenters. The lowest BCUT2D eigenvalue weighted by Gasteiger charge is -2.35. The molecule has 0 bridgehead atoms. The van der Waals surface area contributed by atoms with E-state index in [9.17, 15) is 4.79 Å². The second kappa shape index (κ2) is 6.73. The number of benzene rings is 1. The number of carbonyl (C=O) groups is 1. The zero-order valence-corrected chi connectivity index (χ0v) is 15.4. The summed E-state index contributed by atoms with van der Waals surface area (Å²) < 4.78 is 5.80. The summed E-state index contributed by atoms with van der Waals surface area (Å²) in [5.41, 5.74) is 1.86. The molecule has 1 aliphatic carbocycles. The molecule has 1 aromatic carbocycles. The van der Waals surface area contributed by atoms with Crippen LogP contribution in [-0.2, 0) is 9.53 Å². The number of hydrogen-bond donors (Lipinski definition) is 0. The maximum atomic E-state index is 11.9. The van der Waals surface area contributed by atoms with Crippen molar-refractivity contribution < 1.29 is 9.53 Å². The van der Waals surface area contributed by atoms with Crippen molar-refractivity contribution >= 4 is 34.3 Å². The Balaban J connectivity index is 0.00000156. The minimum absolute atomic E-state index is 0. The summed E-state index contributed by atoms with van der Waals surface area (Å²) in [4.78, 5) is 16.8. The Morgan fingerprint density at radius 1 is 1.13 bits per heavy atom. The molecule has 1 spiro atoms. The first-order valence-electron chi connectivity index (χ1n) is 8.00. The molecular weight excluding hydrogens is 374 g/mol. The number of hydrogen-bond acceptors (Lipinski definition) is 4. The van der Waals surface area contributed by atoms with Gasteiger partial charge in [0.05, 0.1) is 18.0 Å². The van der Waals surface area contributed by atoms with Crippen LogP contribution in [0.25, 0.3) is 11.3 Å². The highest BCUT2D eigenvalue weighted by atomic mass is 79.9. The van der Waals surface area contributed by atoms with Gasteiger partial charge in [-0.2, -0.15) is 0 Å². The number of esters is 1. The van der Waals surface area contributed by atoms with Crippen LogP contribution in [0.3, 0.4) is 0 Å². The number of nitrogens with zero attached hydrogens (tertiary/aromatic N) is 1. The summed E-state index contributed by atoms with van der Waals surface area (Å²) in [6.45, 7) is 0. The largest absolute Gasteiger partial charge is 0.458 e. The van der Waals surface area contributed by atoms with Gasteiger partial charge in [0, 0.05) is 10.9 Å². The number of thiazole rings is 1. The fourth-order valence-electron chi connectivity index (χ4n) is 3.79. The SMILES string of the molecule is Br.O=C1CC(c2nc(-c3ccccc3)cs2)C2(CCCCC2)O1. The first-order valence-corrected chi connectivity index (χ1v) is 8.87. The maximum absolute atomic E-state index is 11.9. The van der Waals surface area contributed by atoms with Gasteiger partial charge in [-0.1, -0.05) is 36.8 Å². The quantitative estimate of drug-likeness (QED) is 0.664. The van der Waals surface area contributed by atoms with Crippen LogP contribution in [-0.4, -0.2) is 16.6 Å². The van der Waals surface area contributed by atoms with Crippen LogP contribution < -0.4 is 0 Å². The van der Waals surface area contributed by atoms with Gasteiger partial charge in [-0.15, -0.1) is 28.3 Å². The van der Waals surface area contributed by atoms with Gasteiger partial charge < -0.3 is 4.74 Å². The van der Waals surface area contributed by atoms with Gasteiger partial charge in [0.15, 0.2) is 0 Å². The van der Waals surface area contributed by atoms with Crippen LogP contribution in [0.1, 0.15) is 49.5 Å². The van der Waals surface area contributed by atoms with Crippen LogP contribution >= 0.6 is 28.3 Å². The molecule has 3 nitrogen and oxygen atoms in total. The normalized spacial score (nSPS) is 22.6. The molecule has 1 saturated carbocycles. The van der Waals surface area contributed by atoms with E-state index >= 15 is 0 Å². The van der Waals surface area contributed by atoms with Crippen molar-refractivity contribution in [3.05, 3.63) is 40.7 Å². The Morgan fingerprint density at radius 3 is 2.61 bits per heavy atom. The van der Waals surface area contributed by atoms with E-state index in [0.29, 0.717) is 6.42 Å². The lowest BCUT2D eigenvalue weighted by atomic mass is 9.76. The monoisotopic (exact) mass is 393 g/mol. The van der Waals surface area contributed by atoms with Gasteiger partial charge in [0.1, 0.15) is 10.6 Å². The van der Waals surface area contributed by atoms with E-state index in [0.717, 1.165) is 41.9 Å². The van der Waals surface area contributed by atoms with E-state index in [-0.39, 0.29) is 34.5 Å². The predicted molar refractivity (Wildman–Crippen MR) is 97.1 cm³/mol. The highest BCUT2D eigenvalue weighted by Gasteiger charge is 2.51. The fraction of sp³-hybridized carbons (Fsp3) is 0.444. The average molecular weight is 394 g/mol. The third kappa shape index (κ3) is 3.09. The van der Waals surface area contributed by atoms with Gasteiger partial charge in [0.2, 0.25) is 0 Å². The summed E-state index contributed by atoms with van der Waals surface area (Å²) in [6.07, 6.45) is 6.02. The molecule has 2 fully saturated rings. The summed E-state index contributed by atoms with van der Waals surface area (Å²) in [7, 11) is 0. The van der Waals surface area contributed by atoms with Crippen LogP contribution in [0.5, 0.6) is 0 Å². The molecule has 1 saturated heterocycles. The Labute approximate surface area is 150 Å². The maximum Gasteiger partial charge on any atom is 0.307 e. The molecule has 0 N–H and O–H groups in total. The Hall–Kier alpha value is -1.20. The number of rotatable bonds is 2. The second-order valence-corrected chi connectivity index (χ2v) is 7.18. The van der Waals surface area contributed by atoms with Crippen LogP contribution in [0.15, 0.2) is 35.7 Å². The minimum Gasteiger partial charge on any atom is -0.458 e. The number of halogens is 1. The third-order valence-electron chi connectivity index (χ3n) is 4.91. The van der Waals surface area contributed by atoms with Crippen molar-refractivity contribution in [2.75, 3.05) is 0 Å². The number of ether oxygens (including phenoxy) is 1. The van der Waals surface area contributed by atoms with Crippen molar-refractivity contribution in [1.82, 2.24) is 4.98 Å². The van der Waals surface area contributed by atoms with E-state index < -0.39 is 0 Å². The first kappa shape index (κ1) is 16.7. The smallest absolute Gasteiger partial charge is 0.307 e. The van der Waals surface area contributed by atoms with Crippen LogP contribution in [0.2, 0.25) is 0 Å². The molecule has 0 radical (unpaired) electrons. The van der Waals surface area contributed by atoms with Crippen LogP contribution in [0, 0.1) is 0 Å². The predicted octanol–water partition coefficient (Wildman–Crippen LogP) is 5.12. The van der Waals surface area contributed by atoms with Crippen molar-refractivity contribution in [2.45, 2.75) is 50.0 Å². The zero-order chi connectivity index (χ0) is 15.0. The third-order valence-corrected chi connectivity index (χ3v) is 5.87. The summed E-state index contributed by atoms with van der Waals surface area (Å²) in [5.74, 6) is 0.0890. The number of aromatic nitrogens is 1. The van der Waals surface area contributed by atoms with Crippen molar-refractivity contribution in [2.24, 2.45) is 0 Å². The van der Waals surface area contributed by atoms with E-state index in [1.54, 1.807) is 11.3 Å². The molecular formula is C18H20BrNO2S. The Bertz CT molecular complexity index is 679. The molecule has 23 heavy (non-hydrogen) atoms. The molecule has 5 heteroatoms. The molecule has 2 aliphatic rings. The van der Waals surface area contributed by atoms with Gasteiger partial charge in [0.25, 0.3) is 0 Å². The van der Waals surface area contributed by atoms with Gasteiger partial charge in [-0.3, -0.25) is 4.79 Å². The summed E-state index contributed by atoms with van der Waals surface area (Å²) in [5, 5.41) is 3.16. The van der Waals surface area contributed by atoms with Gasteiger partial charge >= 0.3 is 5.97 Å². The van der Waals surface area contributed by atoms with Gasteiger partial charge in [-0.05, 0) is 25.7 Å². The minimum atomic E-state index is -0.277. The Morgan fingerprint density at radius 2 is 1.87 bits per heavy atom. The molecule has 0 amide bonds. The molecule has 1 aromatic heterocycles. The highest BCUT2D eigenvalue weighted by molar-refractivity contribution is 8.93. The molecule has 2 heterocycles. The van der Waals surface area contributed by atoms with E-state index in [1.807, 2.05) is 18.2 Å². The molecule has 1 aliphatic heterocycles. The van der Waals surface area contributed by atoms with Crippen molar-refractivity contribution in [1.29, 1.82) is 0 Å². The van der Waals surface area contributed by atoms with E-state index in [2.05, 4.69) is 17.5 Å². The zero-order valence-electron chi connectivity index (χ0n) is 12.9. The summed E-state index contributed by atoms with van der Waals surface area (Å²) >= 11 is 1.67.